The van der Waals surface area contributed by atoms with Crippen molar-refractivity contribution >= 4 is 10.0 Å². The van der Waals surface area contributed by atoms with Gasteiger partial charge in [0.15, 0.2) is 0 Å². The molecule has 4 aromatic rings. The van der Waals surface area contributed by atoms with Gasteiger partial charge < -0.3 is 0 Å². The van der Waals surface area contributed by atoms with Gasteiger partial charge >= 0.3 is 12.1 Å². The number of hydrogen-bond donors (Lipinski definition) is 1. The molecule has 2 N–H and O–H groups in total. The van der Waals surface area contributed by atoms with Crippen molar-refractivity contribution in [3.63, 3.8) is 0 Å². The minimum Gasteiger partial charge on any atom is -0.257 e. The Morgan fingerprint density at radius 2 is 1.44 bits per heavy atom. The smallest absolute Gasteiger partial charge is 0.257 e. The van der Waals surface area contributed by atoms with Crippen molar-refractivity contribution in [3.05, 3.63) is 95.7 Å². The van der Waals surface area contributed by atoms with Gasteiger partial charge in [0.05, 0.1) is 11.4 Å². The highest BCUT2D eigenvalue weighted by Crippen LogP contribution is 2.50. The summed E-state index contributed by atoms with van der Waals surface area (Å²) in [5.41, 5.74) is -1.32. The summed E-state index contributed by atoms with van der Waals surface area (Å²) in [6, 6.07) is 19.1. The molecule has 0 aliphatic carbocycles. The largest absolute Gasteiger partial charge is 0.459 e. The van der Waals surface area contributed by atoms with E-state index < -0.39 is 44.8 Å². The Bertz CT molecular complexity index is 1500. The Labute approximate surface area is 204 Å². The lowest BCUT2D eigenvalue weighted by Crippen LogP contribution is -2.36. The third kappa shape index (κ3) is 4.76. The molecule has 0 saturated carbocycles. The molecular weight excluding hydrogens is 501 g/mol. The average Bonchev–Trinajstić information content (AvgIpc) is 3.18. The van der Waals surface area contributed by atoms with Gasteiger partial charge in [0.1, 0.15) is 11.4 Å². The first-order valence-corrected chi connectivity index (χ1v) is 12.1. The fourth-order valence-electron chi connectivity index (χ4n) is 3.88. The van der Waals surface area contributed by atoms with Crippen LogP contribution in [0.15, 0.2) is 83.8 Å². The van der Waals surface area contributed by atoms with Gasteiger partial charge in [0.25, 0.3) is 0 Å². The SMILES string of the molecule is Cc1ccc(-c2c(-c3ccccc3S(N)(=O)=O)nn(Cc3ccccc3)c2C(F)(F)C(F)(F)F)cc1. The monoisotopic (exact) mass is 521 g/mol. The second-order valence-electron chi connectivity index (χ2n) is 8.19. The topological polar surface area (TPSA) is 78.0 Å². The van der Waals surface area contributed by atoms with Crippen molar-refractivity contribution in [1.29, 1.82) is 0 Å². The maximum atomic E-state index is 15.2. The number of aryl methyl sites for hydroxylation is 1. The number of nitrogens with two attached hydrogens (primary N) is 1. The molecule has 0 aliphatic heterocycles. The number of primary sulfonamides is 1. The molecule has 0 fully saturated rings. The van der Waals surface area contributed by atoms with Gasteiger partial charge in [-0.15, -0.1) is 0 Å². The van der Waals surface area contributed by atoms with Crippen molar-refractivity contribution in [2.75, 3.05) is 0 Å². The van der Waals surface area contributed by atoms with Crippen molar-refractivity contribution in [1.82, 2.24) is 9.78 Å². The first-order valence-electron chi connectivity index (χ1n) is 10.6. The van der Waals surface area contributed by atoms with E-state index in [4.69, 9.17) is 5.14 Å². The predicted octanol–water partition coefficient (Wildman–Crippen LogP) is 5.88. The van der Waals surface area contributed by atoms with Crippen LogP contribution >= 0.6 is 0 Å². The average molecular weight is 522 g/mol. The molecule has 5 nitrogen and oxygen atoms in total. The van der Waals surface area contributed by atoms with Gasteiger partial charge in [-0.2, -0.15) is 27.1 Å². The van der Waals surface area contributed by atoms with Gasteiger partial charge in [-0.25, -0.2) is 13.6 Å². The van der Waals surface area contributed by atoms with Crippen LogP contribution in [0, 0.1) is 6.92 Å². The van der Waals surface area contributed by atoms with Crippen LogP contribution in [0.1, 0.15) is 16.8 Å². The molecule has 3 aromatic carbocycles. The molecule has 0 spiro atoms. The first kappa shape index (κ1) is 25.5. The van der Waals surface area contributed by atoms with Crippen molar-refractivity contribution < 1.29 is 30.4 Å². The normalized spacial score (nSPS) is 12.6. The van der Waals surface area contributed by atoms with E-state index in [9.17, 15) is 21.6 Å². The number of nitrogens with zero attached hydrogens (tertiary/aromatic N) is 2. The molecule has 0 aliphatic rings. The summed E-state index contributed by atoms with van der Waals surface area (Å²) in [6.45, 7) is 1.31. The van der Waals surface area contributed by atoms with Crippen molar-refractivity contribution in [3.8, 4) is 22.4 Å². The van der Waals surface area contributed by atoms with Gasteiger partial charge in [-0.1, -0.05) is 78.4 Å². The quantitative estimate of drug-likeness (QED) is 0.322. The van der Waals surface area contributed by atoms with E-state index >= 15 is 8.78 Å². The summed E-state index contributed by atoms with van der Waals surface area (Å²) < 4.78 is 96.8. The van der Waals surface area contributed by atoms with E-state index in [0.717, 1.165) is 11.6 Å². The van der Waals surface area contributed by atoms with Crippen LogP contribution in [-0.4, -0.2) is 24.4 Å². The highest BCUT2D eigenvalue weighted by atomic mass is 32.2. The summed E-state index contributed by atoms with van der Waals surface area (Å²) in [5, 5.41) is 9.48. The van der Waals surface area contributed by atoms with E-state index in [1.807, 2.05) is 0 Å². The molecule has 0 radical (unpaired) electrons. The van der Waals surface area contributed by atoms with Gasteiger partial charge in [0.2, 0.25) is 10.0 Å². The van der Waals surface area contributed by atoms with Crippen LogP contribution in [-0.2, 0) is 22.5 Å². The van der Waals surface area contributed by atoms with Crippen LogP contribution < -0.4 is 5.14 Å². The number of benzene rings is 3. The molecule has 0 atom stereocenters. The maximum absolute atomic E-state index is 15.2. The Kier molecular flexibility index (Phi) is 6.48. The van der Waals surface area contributed by atoms with E-state index in [1.54, 1.807) is 49.4 Å². The zero-order valence-electron chi connectivity index (χ0n) is 18.8. The number of hydrogen-bond acceptors (Lipinski definition) is 3. The molecule has 0 unspecified atom stereocenters. The molecule has 4 rings (SSSR count). The zero-order valence-corrected chi connectivity index (χ0v) is 19.6. The second kappa shape index (κ2) is 9.14. The summed E-state index contributed by atoms with van der Waals surface area (Å²) in [7, 11) is -4.37. The highest BCUT2D eigenvalue weighted by Gasteiger charge is 2.62. The third-order valence-corrected chi connectivity index (χ3v) is 6.54. The van der Waals surface area contributed by atoms with E-state index in [1.165, 1.54) is 30.3 Å². The lowest BCUT2D eigenvalue weighted by Gasteiger charge is -2.22. The number of rotatable bonds is 6. The summed E-state index contributed by atoms with van der Waals surface area (Å²) in [5.74, 6) is -5.32. The van der Waals surface area contributed by atoms with Gasteiger partial charge in [0, 0.05) is 11.1 Å². The van der Waals surface area contributed by atoms with Crippen LogP contribution in [0.3, 0.4) is 0 Å². The lowest BCUT2D eigenvalue weighted by atomic mass is 9.95. The first-order chi connectivity index (χ1) is 16.8. The van der Waals surface area contributed by atoms with E-state index in [0.29, 0.717) is 10.2 Å². The minimum absolute atomic E-state index is 0.0121. The highest BCUT2D eigenvalue weighted by molar-refractivity contribution is 7.89. The van der Waals surface area contributed by atoms with Crippen LogP contribution in [0.5, 0.6) is 0 Å². The number of alkyl halides is 5. The van der Waals surface area contributed by atoms with E-state index in [-0.39, 0.29) is 16.8 Å². The van der Waals surface area contributed by atoms with Crippen LogP contribution in [0.4, 0.5) is 22.0 Å². The number of aromatic nitrogens is 2. The molecular formula is C25H20F5N3O2S. The Hall–Kier alpha value is -3.57. The molecule has 188 valence electrons. The molecule has 1 aromatic heterocycles. The minimum atomic E-state index is -5.95. The van der Waals surface area contributed by atoms with Crippen molar-refractivity contribution in [2.45, 2.75) is 30.5 Å². The number of halogens is 5. The molecule has 0 bridgehead atoms. The summed E-state index contributed by atoms with van der Waals surface area (Å²) >= 11 is 0. The molecule has 0 amide bonds. The maximum Gasteiger partial charge on any atom is 0.459 e. The van der Waals surface area contributed by atoms with Gasteiger partial charge in [-0.05, 0) is 24.1 Å². The second-order valence-corrected chi connectivity index (χ2v) is 9.72. The summed E-state index contributed by atoms with van der Waals surface area (Å²) in [4.78, 5) is -0.454. The van der Waals surface area contributed by atoms with E-state index in [2.05, 4.69) is 5.10 Å². The Morgan fingerprint density at radius 3 is 2.03 bits per heavy atom. The van der Waals surface area contributed by atoms with Crippen LogP contribution in [0.25, 0.3) is 22.4 Å². The molecule has 1 heterocycles. The lowest BCUT2D eigenvalue weighted by molar-refractivity contribution is -0.291. The summed E-state index contributed by atoms with van der Waals surface area (Å²) in [6.07, 6.45) is -5.95. The Morgan fingerprint density at radius 1 is 0.861 bits per heavy atom. The van der Waals surface area contributed by atoms with Gasteiger partial charge in [-0.3, -0.25) is 4.68 Å². The van der Waals surface area contributed by atoms with Crippen LogP contribution in [0.2, 0.25) is 0 Å². The van der Waals surface area contributed by atoms with Crippen molar-refractivity contribution in [2.24, 2.45) is 5.14 Å². The Balaban J connectivity index is 2.14. The zero-order chi connectivity index (χ0) is 26.3. The predicted molar refractivity (Wildman–Crippen MR) is 125 cm³/mol. The molecule has 11 heteroatoms. The fourth-order valence-corrected chi connectivity index (χ4v) is 4.62. The standard InChI is InChI=1S/C25H20F5N3O2S/c1-16-11-13-18(14-12-16)21-22(19-9-5-6-10-20(19)36(31,34)35)32-33(15-17-7-3-2-4-8-17)23(21)24(26,27)25(28,29)30/h2-14H,15H2,1H3,(H2,31,34,35). The number of sulfonamides is 1. The molecule has 0 saturated heterocycles. The fraction of sp³-hybridized carbons (Fsp3) is 0.160. The molecule has 36 heavy (non-hydrogen) atoms. The third-order valence-electron chi connectivity index (χ3n) is 5.57.